The van der Waals surface area contributed by atoms with Crippen LogP contribution < -0.4 is 15.0 Å². The molecule has 1 aromatic heterocycles. The number of furan rings is 1. The Labute approximate surface area is 148 Å². The van der Waals surface area contributed by atoms with Crippen molar-refractivity contribution in [3.8, 4) is 11.8 Å². The molecule has 0 unspecified atom stereocenters. The Morgan fingerprint density at radius 1 is 1.38 bits per heavy atom. The highest BCUT2D eigenvalue weighted by atomic mass is 79.9. The summed E-state index contributed by atoms with van der Waals surface area (Å²) >= 11 is 3.37. The van der Waals surface area contributed by atoms with E-state index in [4.69, 9.17) is 9.15 Å². The number of nitrogens with one attached hydrogen (secondary N) is 1. The minimum atomic E-state index is -0.512. The summed E-state index contributed by atoms with van der Waals surface area (Å²) in [4.78, 5) is 14.0. The van der Waals surface area contributed by atoms with Crippen molar-refractivity contribution in [1.82, 2.24) is 0 Å². The van der Waals surface area contributed by atoms with E-state index in [1.54, 1.807) is 42.3 Å². The van der Waals surface area contributed by atoms with Crippen LogP contribution in [0.15, 0.2) is 44.8 Å². The van der Waals surface area contributed by atoms with E-state index in [2.05, 4.69) is 21.2 Å². The summed E-state index contributed by atoms with van der Waals surface area (Å²) in [6, 6.07) is 10.4. The molecule has 0 saturated carbocycles. The van der Waals surface area contributed by atoms with E-state index in [-0.39, 0.29) is 5.57 Å². The van der Waals surface area contributed by atoms with E-state index in [1.807, 2.05) is 20.2 Å². The third-order valence-corrected chi connectivity index (χ3v) is 3.66. The first-order valence-corrected chi connectivity index (χ1v) is 7.77. The monoisotopic (exact) mass is 389 g/mol. The number of hydrogen-bond acceptors (Lipinski definition) is 5. The first-order chi connectivity index (χ1) is 11.4. The smallest absolute Gasteiger partial charge is 0.266 e. The Kier molecular flexibility index (Phi) is 5.66. The molecule has 0 spiro atoms. The van der Waals surface area contributed by atoms with Gasteiger partial charge in [-0.2, -0.15) is 5.26 Å². The Morgan fingerprint density at radius 3 is 2.54 bits per heavy atom. The van der Waals surface area contributed by atoms with Gasteiger partial charge in [0.15, 0.2) is 0 Å². The fourth-order valence-electron chi connectivity index (χ4n) is 1.92. The molecule has 2 rings (SSSR count). The summed E-state index contributed by atoms with van der Waals surface area (Å²) in [6.07, 6.45) is 1.40. The number of nitriles is 1. The number of halogens is 1. The van der Waals surface area contributed by atoms with Crippen LogP contribution in [0.5, 0.6) is 5.75 Å². The van der Waals surface area contributed by atoms with Gasteiger partial charge in [0.05, 0.1) is 11.6 Å². The molecule has 0 atom stereocenters. The van der Waals surface area contributed by atoms with Gasteiger partial charge in [-0.3, -0.25) is 4.79 Å². The van der Waals surface area contributed by atoms with Crippen LogP contribution in [-0.4, -0.2) is 27.1 Å². The fourth-order valence-corrected chi connectivity index (χ4v) is 2.58. The highest BCUT2D eigenvalue weighted by Gasteiger charge is 2.14. The van der Waals surface area contributed by atoms with Crippen molar-refractivity contribution < 1.29 is 13.9 Å². The summed E-state index contributed by atoms with van der Waals surface area (Å²) in [6.45, 7) is 0. The van der Waals surface area contributed by atoms with Crippen LogP contribution >= 0.6 is 15.9 Å². The number of ether oxygens (including phenoxy) is 1. The Balaban J connectivity index is 2.19. The second kappa shape index (κ2) is 7.70. The lowest BCUT2D eigenvalue weighted by atomic mass is 10.2. The molecule has 0 aliphatic carbocycles. The van der Waals surface area contributed by atoms with Crippen LogP contribution in [0, 0.1) is 11.3 Å². The Hall–Kier alpha value is -2.72. The zero-order valence-corrected chi connectivity index (χ0v) is 15.0. The summed E-state index contributed by atoms with van der Waals surface area (Å²) in [5, 5.41) is 11.9. The highest BCUT2D eigenvalue weighted by Crippen LogP contribution is 2.30. The summed E-state index contributed by atoms with van der Waals surface area (Å²) in [7, 11) is 5.23. The first kappa shape index (κ1) is 17.6. The average molecular weight is 390 g/mol. The lowest BCUT2D eigenvalue weighted by Gasteiger charge is -2.07. The number of nitrogens with zero attached hydrogens (tertiary/aromatic N) is 2. The van der Waals surface area contributed by atoms with Crippen molar-refractivity contribution in [2.45, 2.75) is 0 Å². The number of benzene rings is 1. The van der Waals surface area contributed by atoms with Gasteiger partial charge in [0.1, 0.15) is 23.2 Å². The van der Waals surface area contributed by atoms with E-state index in [0.717, 1.165) is 4.47 Å². The second-order valence-electron chi connectivity index (χ2n) is 5.05. The zero-order chi connectivity index (χ0) is 17.7. The topological polar surface area (TPSA) is 78.5 Å². The highest BCUT2D eigenvalue weighted by molar-refractivity contribution is 9.10. The van der Waals surface area contributed by atoms with Gasteiger partial charge < -0.3 is 19.4 Å². The molecule has 0 radical (unpaired) electrons. The number of amides is 1. The maximum absolute atomic E-state index is 12.2. The molecule has 1 amide bonds. The SMILES string of the molecule is COc1ccc(NC(=O)/C(C#N)=C\c2cc(Br)c(N(C)C)o2)cc1. The second-order valence-corrected chi connectivity index (χ2v) is 5.90. The lowest BCUT2D eigenvalue weighted by Crippen LogP contribution is -2.13. The minimum Gasteiger partial charge on any atom is -0.497 e. The first-order valence-electron chi connectivity index (χ1n) is 6.98. The molecule has 6 nitrogen and oxygen atoms in total. The van der Waals surface area contributed by atoms with Gasteiger partial charge in [0, 0.05) is 31.9 Å². The van der Waals surface area contributed by atoms with Gasteiger partial charge in [-0.25, -0.2) is 0 Å². The maximum Gasteiger partial charge on any atom is 0.266 e. The van der Waals surface area contributed by atoms with Gasteiger partial charge in [0.25, 0.3) is 5.91 Å². The summed E-state index contributed by atoms with van der Waals surface area (Å²) in [5.74, 6) is 1.18. The summed E-state index contributed by atoms with van der Waals surface area (Å²) in [5.41, 5.74) is 0.508. The molecular formula is C17H16BrN3O3. The molecule has 0 aliphatic rings. The zero-order valence-electron chi connectivity index (χ0n) is 13.5. The lowest BCUT2D eigenvalue weighted by molar-refractivity contribution is -0.112. The quantitative estimate of drug-likeness (QED) is 0.623. The number of carbonyl (C=O) groups excluding carboxylic acids is 1. The predicted octanol–water partition coefficient (Wildman–Crippen LogP) is 3.66. The third-order valence-electron chi connectivity index (χ3n) is 3.09. The Bertz CT molecular complexity index is 801. The van der Waals surface area contributed by atoms with Crippen molar-refractivity contribution in [1.29, 1.82) is 5.26 Å². The minimum absolute atomic E-state index is 0.0580. The molecule has 124 valence electrons. The molecule has 7 heteroatoms. The van der Waals surface area contributed by atoms with Crippen LogP contribution in [0.1, 0.15) is 5.76 Å². The number of hydrogen-bond donors (Lipinski definition) is 1. The standard InChI is InChI=1S/C17H16BrN3O3/c1-21(2)17-15(18)9-14(24-17)8-11(10-19)16(22)20-12-4-6-13(23-3)7-5-12/h4-9H,1-3H3,(H,20,22)/b11-8-. The fraction of sp³-hybridized carbons (Fsp3) is 0.176. The number of rotatable bonds is 5. The van der Waals surface area contributed by atoms with Gasteiger partial charge >= 0.3 is 0 Å². The van der Waals surface area contributed by atoms with E-state index >= 15 is 0 Å². The van der Waals surface area contributed by atoms with Gasteiger partial charge in [0.2, 0.25) is 5.88 Å². The van der Waals surface area contributed by atoms with Crippen LogP contribution in [0.25, 0.3) is 6.08 Å². The molecule has 0 fully saturated rings. The predicted molar refractivity (Wildman–Crippen MR) is 95.9 cm³/mol. The molecule has 0 saturated heterocycles. The number of anilines is 2. The van der Waals surface area contributed by atoms with Crippen molar-refractivity contribution in [2.24, 2.45) is 0 Å². The summed E-state index contributed by atoms with van der Waals surface area (Å²) < 4.78 is 11.4. The van der Waals surface area contributed by atoms with E-state index in [1.165, 1.54) is 6.08 Å². The normalized spacial score (nSPS) is 10.9. The number of carbonyl (C=O) groups is 1. The van der Waals surface area contributed by atoms with Gasteiger partial charge in [-0.15, -0.1) is 0 Å². The maximum atomic E-state index is 12.2. The molecule has 0 aliphatic heterocycles. The molecule has 2 aromatic rings. The third kappa shape index (κ3) is 4.18. The average Bonchev–Trinajstić information content (AvgIpc) is 2.94. The molecule has 0 bridgehead atoms. The van der Waals surface area contributed by atoms with E-state index in [9.17, 15) is 10.1 Å². The van der Waals surface area contributed by atoms with Crippen LogP contribution in [0.2, 0.25) is 0 Å². The van der Waals surface area contributed by atoms with E-state index in [0.29, 0.717) is 23.1 Å². The van der Waals surface area contributed by atoms with Gasteiger partial charge in [-0.05, 0) is 40.2 Å². The van der Waals surface area contributed by atoms with Crippen molar-refractivity contribution in [3.63, 3.8) is 0 Å². The van der Waals surface area contributed by atoms with Gasteiger partial charge in [-0.1, -0.05) is 0 Å². The van der Waals surface area contributed by atoms with Crippen LogP contribution in [0.4, 0.5) is 11.6 Å². The molecule has 1 heterocycles. The molecule has 1 N–H and O–H groups in total. The van der Waals surface area contributed by atoms with Crippen LogP contribution in [0.3, 0.4) is 0 Å². The van der Waals surface area contributed by atoms with Crippen LogP contribution in [-0.2, 0) is 4.79 Å². The van der Waals surface area contributed by atoms with Crippen molar-refractivity contribution in [3.05, 3.63) is 46.1 Å². The molecule has 1 aromatic carbocycles. The van der Waals surface area contributed by atoms with Crippen molar-refractivity contribution >= 4 is 39.5 Å². The molecule has 24 heavy (non-hydrogen) atoms. The molecular weight excluding hydrogens is 374 g/mol. The Morgan fingerprint density at radius 2 is 2.04 bits per heavy atom. The van der Waals surface area contributed by atoms with Crippen molar-refractivity contribution in [2.75, 3.05) is 31.4 Å². The largest absolute Gasteiger partial charge is 0.497 e. The van der Waals surface area contributed by atoms with E-state index < -0.39 is 5.91 Å². The number of methoxy groups -OCH3 is 1.